The van der Waals surface area contributed by atoms with Gasteiger partial charge in [0.25, 0.3) is 0 Å². The molecule has 23 heavy (non-hydrogen) atoms. The minimum Gasteiger partial charge on any atom is -0.340 e. The molecule has 2 N–H and O–H groups in total. The Hall–Kier alpha value is -2.73. The highest BCUT2D eigenvalue weighted by atomic mass is 35.5. The summed E-state index contributed by atoms with van der Waals surface area (Å²) >= 11 is 5.74. The average molecular weight is 333 g/mol. The molecular formula is C16H11ClF2N4. The number of aromatic nitrogens is 2. The first-order valence-electron chi connectivity index (χ1n) is 6.67. The molecule has 0 unspecified atom stereocenters. The van der Waals surface area contributed by atoms with E-state index in [4.69, 9.17) is 11.6 Å². The van der Waals surface area contributed by atoms with Crippen molar-refractivity contribution in [2.75, 3.05) is 10.6 Å². The third-order valence-corrected chi connectivity index (χ3v) is 3.27. The Bertz CT molecular complexity index is 825. The largest absolute Gasteiger partial charge is 0.340 e. The molecule has 2 aromatic carbocycles. The van der Waals surface area contributed by atoms with Gasteiger partial charge in [-0.15, -0.1) is 0 Å². The van der Waals surface area contributed by atoms with Crippen LogP contribution in [0.3, 0.4) is 0 Å². The molecule has 3 rings (SSSR count). The fourth-order valence-electron chi connectivity index (χ4n) is 1.90. The lowest BCUT2D eigenvalue weighted by atomic mass is 10.3. The minimum absolute atomic E-state index is 0.0220. The van der Waals surface area contributed by atoms with Crippen molar-refractivity contribution in [2.24, 2.45) is 0 Å². The quantitative estimate of drug-likeness (QED) is 0.713. The first-order valence-corrected chi connectivity index (χ1v) is 7.05. The van der Waals surface area contributed by atoms with Gasteiger partial charge in [-0.3, -0.25) is 0 Å². The summed E-state index contributed by atoms with van der Waals surface area (Å²) in [7, 11) is 0. The summed E-state index contributed by atoms with van der Waals surface area (Å²) in [6.45, 7) is 0. The summed E-state index contributed by atoms with van der Waals surface area (Å²) < 4.78 is 26.0. The Balaban J connectivity index is 1.76. The number of halogens is 3. The highest BCUT2D eigenvalue weighted by Gasteiger charge is 2.04. The van der Waals surface area contributed by atoms with E-state index in [1.54, 1.807) is 24.3 Å². The first-order chi connectivity index (χ1) is 11.1. The number of nitrogens with one attached hydrogen (secondary N) is 2. The van der Waals surface area contributed by atoms with E-state index in [2.05, 4.69) is 20.6 Å². The van der Waals surface area contributed by atoms with E-state index in [0.717, 1.165) is 0 Å². The van der Waals surface area contributed by atoms with Crippen molar-refractivity contribution in [3.63, 3.8) is 0 Å². The van der Waals surface area contributed by atoms with Crippen LogP contribution < -0.4 is 10.6 Å². The zero-order chi connectivity index (χ0) is 16.2. The molecule has 1 aromatic heterocycles. The third kappa shape index (κ3) is 3.92. The molecule has 4 nitrogen and oxygen atoms in total. The van der Waals surface area contributed by atoms with Crippen LogP contribution in [-0.2, 0) is 0 Å². The van der Waals surface area contributed by atoms with Gasteiger partial charge < -0.3 is 10.6 Å². The molecule has 0 bridgehead atoms. The van der Waals surface area contributed by atoms with Crippen LogP contribution in [-0.4, -0.2) is 9.97 Å². The van der Waals surface area contributed by atoms with Gasteiger partial charge in [0.1, 0.15) is 29.6 Å². The van der Waals surface area contributed by atoms with Gasteiger partial charge in [0.2, 0.25) is 0 Å². The average Bonchev–Trinajstić information content (AvgIpc) is 2.54. The smallest absolute Gasteiger partial charge is 0.141 e. The van der Waals surface area contributed by atoms with E-state index in [1.165, 1.54) is 30.6 Å². The first kappa shape index (κ1) is 15.2. The van der Waals surface area contributed by atoms with Crippen molar-refractivity contribution in [1.29, 1.82) is 0 Å². The number of hydrogen-bond donors (Lipinski definition) is 2. The van der Waals surface area contributed by atoms with Crippen molar-refractivity contribution >= 4 is 34.6 Å². The van der Waals surface area contributed by atoms with Crippen LogP contribution in [0.4, 0.5) is 31.8 Å². The Labute approximate surface area is 136 Å². The number of benzene rings is 2. The van der Waals surface area contributed by atoms with Gasteiger partial charge in [-0.25, -0.2) is 18.7 Å². The van der Waals surface area contributed by atoms with Crippen molar-refractivity contribution in [3.05, 3.63) is 71.5 Å². The maximum atomic E-state index is 13.2. The van der Waals surface area contributed by atoms with Gasteiger partial charge in [-0.2, -0.15) is 0 Å². The van der Waals surface area contributed by atoms with Crippen LogP contribution in [0.15, 0.2) is 54.9 Å². The van der Waals surface area contributed by atoms with E-state index in [1.807, 2.05) is 0 Å². The van der Waals surface area contributed by atoms with E-state index >= 15 is 0 Å². The fraction of sp³-hybridized carbons (Fsp3) is 0. The maximum Gasteiger partial charge on any atom is 0.141 e. The van der Waals surface area contributed by atoms with E-state index < -0.39 is 5.82 Å². The second-order valence-electron chi connectivity index (χ2n) is 4.67. The summed E-state index contributed by atoms with van der Waals surface area (Å²) in [6, 6.07) is 11.9. The topological polar surface area (TPSA) is 49.8 Å². The van der Waals surface area contributed by atoms with Gasteiger partial charge in [0.15, 0.2) is 0 Å². The van der Waals surface area contributed by atoms with Gasteiger partial charge in [0, 0.05) is 17.4 Å². The van der Waals surface area contributed by atoms with Crippen LogP contribution in [0.25, 0.3) is 0 Å². The van der Waals surface area contributed by atoms with Crippen molar-refractivity contribution < 1.29 is 8.78 Å². The van der Waals surface area contributed by atoms with E-state index in [9.17, 15) is 8.78 Å². The Kier molecular flexibility index (Phi) is 4.34. The molecule has 0 aliphatic heterocycles. The zero-order valence-corrected chi connectivity index (χ0v) is 12.5. The fourth-order valence-corrected chi connectivity index (χ4v) is 2.08. The number of anilines is 4. The molecule has 0 atom stereocenters. The monoisotopic (exact) mass is 332 g/mol. The Morgan fingerprint density at radius 1 is 0.783 bits per heavy atom. The summed E-state index contributed by atoms with van der Waals surface area (Å²) in [5.41, 5.74) is 1.30. The lowest BCUT2D eigenvalue weighted by Crippen LogP contribution is -1.98. The lowest BCUT2D eigenvalue weighted by Gasteiger charge is -2.09. The highest BCUT2D eigenvalue weighted by Crippen LogP contribution is 2.23. The third-order valence-electron chi connectivity index (χ3n) is 2.98. The standard InChI is InChI=1S/C16H11ClF2N4/c17-13-7-12(5-6-14(13)19)23-16-8-15(20-9-21-16)22-11-3-1-10(18)2-4-11/h1-9H,(H2,20,21,22,23). The number of rotatable bonds is 4. The Morgan fingerprint density at radius 2 is 1.39 bits per heavy atom. The van der Waals surface area contributed by atoms with Crippen molar-refractivity contribution in [3.8, 4) is 0 Å². The van der Waals surface area contributed by atoms with Crippen molar-refractivity contribution in [2.45, 2.75) is 0 Å². The van der Waals surface area contributed by atoms with Crippen LogP contribution >= 0.6 is 11.6 Å². The molecule has 0 saturated heterocycles. The zero-order valence-electron chi connectivity index (χ0n) is 11.7. The summed E-state index contributed by atoms with van der Waals surface area (Å²) in [6.07, 6.45) is 1.37. The summed E-state index contributed by atoms with van der Waals surface area (Å²) in [4.78, 5) is 8.17. The van der Waals surface area contributed by atoms with Gasteiger partial charge >= 0.3 is 0 Å². The van der Waals surface area contributed by atoms with Crippen LogP contribution in [0.2, 0.25) is 5.02 Å². The maximum absolute atomic E-state index is 13.2. The van der Waals surface area contributed by atoms with Crippen molar-refractivity contribution in [1.82, 2.24) is 9.97 Å². The van der Waals surface area contributed by atoms with Gasteiger partial charge in [-0.05, 0) is 42.5 Å². The molecular weight excluding hydrogens is 322 g/mol. The molecule has 0 radical (unpaired) electrons. The molecule has 0 spiro atoms. The highest BCUT2D eigenvalue weighted by molar-refractivity contribution is 6.31. The summed E-state index contributed by atoms with van der Waals surface area (Å²) in [5.74, 6) is 0.238. The van der Waals surface area contributed by atoms with Crippen LogP contribution in [0.1, 0.15) is 0 Å². The molecule has 1 heterocycles. The van der Waals surface area contributed by atoms with E-state index in [-0.39, 0.29) is 10.8 Å². The molecule has 0 aliphatic carbocycles. The SMILES string of the molecule is Fc1ccc(Nc2cc(Nc3ccc(F)c(Cl)c3)ncn2)cc1. The van der Waals surface area contributed by atoms with Gasteiger partial charge in [-0.1, -0.05) is 11.6 Å². The van der Waals surface area contributed by atoms with Gasteiger partial charge in [0.05, 0.1) is 5.02 Å². The summed E-state index contributed by atoms with van der Waals surface area (Å²) in [5, 5.41) is 6.06. The van der Waals surface area contributed by atoms with E-state index in [0.29, 0.717) is 23.0 Å². The normalized spacial score (nSPS) is 10.4. The molecule has 7 heteroatoms. The number of hydrogen-bond acceptors (Lipinski definition) is 4. The molecule has 0 saturated carbocycles. The predicted molar refractivity (Wildman–Crippen MR) is 86.4 cm³/mol. The molecule has 3 aromatic rings. The molecule has 0 amide bonds. The molecule has 0 fully saturated rings. The number of nitrogens with zero attached hydrogens (tertiary/aromatic N) is 2. The lowest BCUT2D eigenvalue weighted by molar-refractivity contribution is 0.628. The molecule has 0 aliphatic rings. The Morgan fingerprint density at radius 3 is 2.04 bits per heavy atom. The molecule has 116 valence electrons. The van der Waals surface area contributed by atoms with Crippen LogP contribution in [0.5, 0.6) is 0 Å². The second kappa shape index (κ2) is 6.58. The minimum atomic E-state index is -0.487. The second-order valence-corrected chi connectivity index (χ2v) is 5.08. The predicted octanol–water partition coefficient (Wildman–Crippen LogP) is 4.90. The van der Waals surface area contributed by atoms with Crippen LogP contribution in [0, 0.1) is 11.6 Å².